The van der Waals surface area contributed by atoms with Crippen molar-refractivity contribution in [2.75, 3.05) is 25.8 Å². The molecular weight excluding hydrogens is 132 g/mol. The van der Waals surface area contributed by atoms with E-state index in [9.17, 15) is 0 Å². The maximum absolute atomic E-state index is 3.71. The molecule has 0 heterocycles. The molecule has 0 N–H and O–H groups in total. The Hall–Kier alpha value is -0.310. The SMILES string of the molecule is C=[N+](C)CSC[N+](=C)C. The summed E-state index contributed by atoms with van der Waals surface area (Å²) in [6.07, 6.45) is 0. The second kappa shape index (κ2) is 4.56. The minimum atomic E-state index is 0.958. The van der Waals surface area contributed by atoms with E-state index in [4.69, 9.17) is 0 Å². The average molecular weight is 146 g/mol. The number of rotatable bonds is 4. The smallest absolute Gasteiger partial charge is 0.193 e. The molecule has 0 unspecified atom stereocenters. The molecule has 0 bridgehead atoms. The van der Waals surface area contributed by atoms with Gasteiger partial charge in [0.05, 0.1) is 0 Å². The highest BCUT2D eigenvalue weighted by Gasteiger charge is 1.95. The number of nitrogens with zero attached hydrogens (tertiary/aromatic N) is 2. The minimum absolute atomic E-state index is 0.958. The van der Waals surface area contributed by atoms with E-state index < -0.39 is 0 Å². The Morgan fingerprint density at radius 3 is 1.67 bits per heavy atom. The zero-order chi connectivity index (χ0) is 7.28. The van der Waals surface area contributed by atoms with Crippen molar-refractivity contribution in [1.29, 1.82) is 0 Å². The molecule has 0 aromatic rings. The zero-order valence-electron chi connectivity index (χ0n) is 6.13. The first-order chi connectivity index (χ1) is 4.13. The van der Waals surface area contributed by atoms with E-state index in [-0.39, 0.29) is 0 Å². The minimum Gasteiger partial charge on any atom is -0.235 e. The first-order valence-corrected chi connectivity index (χ1v) is 3.89. The maximum Gasteiger partial charge on any atom is 0.193 e. The molecule has 3 heteroatoms. The Bertz CT molecular complexity index is 106. The van der Waals surface area contributed by atoms with Crippen molar-refractivity contribution in [3.8, 4) is 0 Å². The molecule has 2 nitrogen and oxygen atoms in total. The predicted octanol–water partition coefficient (Wildman–Crippen LogP) is 0.320. The van der Waals surface area contributed by atoms with E-state index in [2.05, 4.69) is 13.4 Å². The van der Waals surface area contributed by atoms with Crippen LogP contribution >= 0.6 is 11.8 Å². The van der Waals surface area contributed by atoms with Crippen LogP contribution in [-0.4, -0.2) is 48.4 Å². The Morgan fingerprint density at radius 1 is 1.11 bits per heavy atom. The summed E-state index contributed by atoms with van der Waals surface area (Å²) in [6, 6.07) is 0. The number of hydrogen-bond donors (Lipinski definition) is 0. The fraction of sp³-hybridized carbons (Fsp3) is 0.667. The molecule has 0 saturated heterocycles. The summed E-state index contributed by atoms with van der Waals surface area (Å²) in [6.45, 7) is 7.42. The second-order valence-electron chi connectivity index (χ2n) is 2.17. The molecule has 0 aliphatic heterocycles. The summed E-state index contributed by atoms with van der Waals surface area (Å²) in [4.78, 5) is 0. The van der Waals surface area contributed by atoms with Gasteiger partial charge in [-0.2, -0.15) is 0 Å². The first-order valence-electron chi connectivity index (χ1n) is 2.74. The van der Waals surface area contributed by atoms with Gasteiger partial charge < -0.3 is 0 Å². The molecule has 0 fully saturated rings. The summed E-state index contributed by atoms with van der Waals surface area (Å²) in [5, 5.41) is 0. The highest BCUT2D eigenvalue weighted by Crippen LogP contribution is 1.96. The molecule has 0 saturated carbocycles. The van der Waals surface area contributed by atoms with Gasteiger partial charge in [-0.25, -0.2) is 9.15 Å². The summed E-state index contributed by atoms with van der Waals surface area (Å²) in [5.74, 6) is 1.92. The molecule has 0 aliphatic carbocycles. The molecular formula is C6H14N2S+2. The summed E-state index contributed by atoms with van der Waals surface area (Å²) in [7, 11) is 3.91. The molecule has 0 amide bonds. The maximum atomic E-state index is 3.71. The van der Waals surface area contributed by atoms with Crippen molar-refractivity contribution < 1.29 is 9.15 Å². The third-order valence-corrected chi connectivity index (χ3v) is 1.87. The van der Waals surface area contributed by atoms with Crippen LogP contribution in [0.25, 0.3) is 0 Å². The van der Waals surface area contributed by atoms with Gasteiger partial charge in [-0.05, 0) is 11.8 Å². The number of hydrogen-bond acceptors (Lipinski definition) is 1. The highest BCUT2D eigenvalue weighted by atomic mass is 32.2. The van der Waals surface area contributed by atoms with Crippen molar-refractivity contribution >= 4 is 25.2 Å². The largest absolute Gasteiger partial charge is 0.235 e. The van der Waals surface area contributed by atoms with Gasteiger partial charge in [0.1, 0.15) is 27.5 Å². The highest BCUT2D eigenvalue weighted by molar-refractivity contribution is 7.98. The van der Waals surface area contributed by atoms with Gasteiger partial charge in [-0.3, -0.25) is 0 Å². The summed E-state index contributed by atoms with van der Waals surface area (Å²) >= 11 is 1.80. The molecule has 0 aromatic carbocycles. The monoisotopic (exact) mass is 146 g/mol. The zero-order valence-corrected chi connectivity index (χ0v) is 6.95. The first kappa shape index (κ1) is 8.69. The van der Waals surface area contributed by atoms with Crippen LogP contribution in [0.4, 0.5) is 0 Å². The van der Waals surface area contributed by atoms with Gasteiger partial charge in [0, 0.05) is 0 Å². The fourth-order valence-electron chi connectivity index (χ4n) is 0.352. The molecule has 0 radical (unpaired) electrons. The molecule has 0 rings (SSSR count). The Labute approximate surface area is 60.9 Å². The molecule has 0 atom stereocenters. The van der Waals surface area contributed by atoms with E-state index >= 15 is 0 Å². The average Bonchev–Trinajstić information content (AvgIpc) is 1.63. The van der Waals surface area contributed by atoms with E-state index in [0.717, 1.165) is 11.8 Å². The molecule has 0 aromatic heterocycles. The lowest BCUT2D eigenvalue weighted by Crippen LogP contribution is -2.06. The summed E-state index contributed by atoms with van der Waals surface area (Å²) < 4.78 is 3.79. The van der Waals surface area contributed by atoms with Gasteiger partial charge >= 0.3 is 0 Å². The molecule has 52 valence electrons. The number of thioether (sulfide) groups is 1. The van der Waals surface area contributed by atoms with Crippen LogP contribution in [0.15, 0.2) is 0 Å². The second-order valence-corrected chi connectivity index (χ2v) is 3.10. The van der Waals surface area contributed by atoms with Crippen LogP contribution in [0.5, 0.6) is 0 Å². The van der Waals surface area contributed by atoms with Gasteiger partial charge in [-0.15, -0.1) is 0 Å². The van der Waals surface area contributed by atoms with Crippen molar-refractivity contribution in [1.82, 2.24) is 0 Å². The van der Waals surface area contributed by atoms with Crippen LogP contribution in [0, 0.1) is 0 Å². The lowest BCUT2D eigenvalue weighted by atomic mass is 11.1. The molecule has 0 aliphatic rings. The van der Waals surface area contributed by atoms with Crippen molar-refractivity contribution in [2.24, 2.45) is 0 Å². The Morgan fingerprint density at radius 2 is 1.44 bits per heavy atom. The predicted molar refractivity (Wildman–Crippen MR) is 43.9 cm³/mol. The topological polar surface area (TPSA) is 6.02 Å². The van der Waals surface area contributed by atoms with Crippen molar-refractivity contribution in [3.05, 3.63) is 0 Å². The standard InChI is InChI=1S/C6H14N2S/c1-7(2)5-9-6-8(3)4/h1,3,5-6H2,2,4H3/q+2. The van der Waals surface area contributed by atoms with Gasteiger partial charge in [0.25, 0.3) is 0 Å². The van der Waals surface area contributed by atoms with E-state index in [0.29, 0.717) is 0 Å². The van der Waals surface area contributed by atoms with Gasteiger partial charge in [0.15, 0.2) is 11.8 Å². The van der Waals surface area contributed by atoms with Gasteiger partial charge in [0.2, 0.25) is 0 Å². The summed E-state index contributed by atoms with van der Waals surface area (Å²) in [5.41, 5.74) is 0. The molecule has 9 heavy (non-hydrogen) atoms. The quantitative estimate of drug-likeness (QED) is 0.314. The fourth-order valence-corrected chi connectivity index (χ4v) is 1.06. The van der Waals surface area contributed by atoms with Crippen LogP contribution in [0.2, 0.25) is 0 Å². The van der Waals surface area contributed by atoms with Crippen LogP contribution in [0.1, 0.15) is 0 Å². The third-order valence-electron chi connectivity index (χ3n) is 0.623. The lowest BCUT2D eigenvalue weighted by Gasteiger charge is -1.92. The normalized spacial score (nSPS) is 9.11. The van der Waals surface area contributed by atoms with Crippen molar-refractivity contribution in [2.45, 2.75) is 0 Å². The van der Waals surface area contributed by atoms with Crippen LogP contribution in [-0.2, 0) is 0 Å². The van der Waals surface area contributed by atoms with Crippen LogP contribution in [0.3, 0.4) is 0 Å². The van der Waals surface area contributed by atoms with E-state index in [1.807, 2.05) is 23.2 Å². The Balaban J connectivity index is 3.10. The lowest BCUT2D eigenvalue weighted by molar-refractivity contribution is -0.476. The van der Waals surface area contributed by atoms with Crippen molar-refractivity contribution in [3.63, 3.8) is 0 Å². The van der Waals surface area contributed by atoms with E-state index in [1.54, 1.807) is 11.8 Å². The molecule has 0 spiro atoms. The Kier molecular flexibility index (Phi) is 4.40. The van der Waals surface area contributed by atoms with E-state index in [1.165, 1.54) is 0 Å². The van der Waals surface area contributed by atoms with Crippen LogP contribution < -0.4 is 0 Å². The van der Waals surface area contributed by atoms with Gasteiger partial charge in [-0.1, -0.05) is 0 Å². The third kappa shape index (κ3) is 7.69.